The fourth-order valence-corrected chi connectivity index (χ4v) is 2.42. The monoisotopic (exact) mass is 287 g/mol. The SMILES string of the molecule is COC(=O)C[C@@H](NC(=O)[C@H](C)SC)c1cccs1. The van der Waals surface area contributed by atoms with Crippen molar-refractivity contribution in [2.75, 3.05) is 13.4 Å². The molecule has 0 unspecified atom stereocenters. The summed E-state index contributed by atoms with van der Waals surface area (Å²) < 4.78 is 4.66. The molecule has 0 aromatic carbocycles. The van der Waals surface area contributed by atoms with Gasteiger partial charge < -0.3 is 10.1 Å². The largest absolute Gasteiger partial charge is 0.469 e. The quantitative estimate of drug-likeness (QED) is 0.815. The summed E-state index contributed by atoms with van der Waals surface area (Å²) in [6.45, 7) is 1.84. The van der Waals surface area contributed by atoms with Gasteiger partial charge >= 0.3 is 5.97 Å². The van der Waals surface area contributed by atoms with Crippen LogP contribution in [0, 0.1) is 0 Å². The summed E-state index contributed by atoms with van der Waals surface area (Å²) in [6, 6.07) is 3.50. The number of carbonyl (C=O) groups excluding carboxylic acids is 2. The third-order valence-corrected chi connectivity index (χ3v) is 4.43. The number of nitrogens with one attached hydrogen (secondary N) is 1. The fourth-order valence-electron chi connectivity index (χ4n) is 1.36. The van der Waals surface area contributed by atoms with Crippen LogP contribution in [0.2, 0.25) is 0 Å². The molecular weight excluding hydrogens is 270 g/mol. The maximum absolute atomic E-state index is 11.9. The van der Waals surface area contributed by atoms with E-state index in [1.165, 1.54) is 30.2 Å². The van der Waals surface area contributed by atoms with Crippen LogP contribution in [-0.2, 0) is 14.3 Å². The Morgan fingerprint density at radius 1 is 1.56 bits per heavy atom. The molecule has 6 heteroatoms. The van der Waals surface area contributed by atoms with Crippen molar-refractivity contribution in [1.29, 1.82) is 0 Å². The van der Waals surface area contributed by atoms with Crippen LogP contribution < -0.4 is 5.32 Å². The van der Waals surface area contributed by atoms with Crippen molar-refractivity contribution in [2.24, 2.45) is 0 Å². The standard InChI is InChI=1S/C12H17NO3S2/c1-8(17-3)12(15)13-9(7-11(14)16-2)10-5-4-6-18-10/h4-6,8-9H,7H2,1-3H3,(H,13,15)/t8-,9+/m0/s1. The van der Waals surface area contributed by atoms with Crippen LogP contribution >= 0.6 is 23.1 Å². The number of hydrogen-bond acceptors (Lipinski definition) is 5. The maximum Gasteiger partial charge on any atom is 0.307 e. The van der Waals surface area contributed by atoms with E-state index >= 15 is 0 Å². The van der Waals surface area contributed by atoms with Gasteiger partial charge in [-0.25, -0.2) is 0 Å². The van der Waals surface area contributed by atoms with Gasteiger partial charge in [-0.15, -0.1) is 11.3 Å². The number of hydrogen-bond donors (Lipinski definition) is 1. The molecule has 0 bridgehead atoms. The number of thioether (sulfide) groups is 1. The van der Waals surface area contributed by atoms with Crippen LogP contribution in [0.4, 0.5) is 0 Å². The molecule has 1 heterocycles. The molecule has 0 saturated heterocycles. The van der Waals surface area contributed by atoms with Crippen molar-refractivity contribution in [1.82, 2.24) is 5.32 Å². The first-order valence-corrected chi connectivity index (χ1v) is 7.68. The van der Waals surface area contributed by atoms with E-state index in [0.29, 0.717) is 0 Å². The zero-order chi connectivity index (χ0) is 13.5. The minimum Gasteiger partial charge on any atom is -0.469 e. The summed E-state index contributed by atoms with van der Waals surface area (Å²) in [4.78, 5) is 24.2. The molecular formula is C12H17NO3S2. The lowest BCUT2D eigenvalue weighted by molar-refractivity contribution is -0.141. The van der Waals surface area contributed by atoms with Crippen molar-refractivity contribution in [2.45, 2.75) is 24.6 Å². The van der Waals surface area contributed by atoms with Gasteiger partial charge in [0.2, 0.25) is 5.91 Å². The Bertz CT molecular complexity index is 392. The van der Waals surface area contributed by atoms with Crippen molar-refractivity contribution in [3.8, 4) is 0 Å². The van der Waals surface area contributed by atoms with Gasteiger partial charge in [0, 0.05) is 4.88 Å². The molecule has 18 heavy (non-hydrogen) atoms. The average molecular weight is 287 g/mol. The molecule has 0 aliphatic heterocycles. The van der Waals surface area contributed by atoms with E-state index in [1.807, 2.05) is 30.7 Å². The summed E-state index contributed by atoms with van der Waals surface area (Å²) in [5, 5.41) is 4.67. The zero-order valence-electron chi connectivity index (χ0n) is 10.6. The van der Waals surface area contributed by atoms with E-state index in [0.717, 1.165) is 4.88 Å². The summed E-state index contributed by atoms with van der Waals surface area (Å²) in [6.07, 6.45) is 2.04. The molecule has 1 rings (SSSR count). The fraction of sp³-hybridized carbons (Fsp3) is 0.500. The van der Waals surface area contributed by atoms with Crippen LogP contribution in [-0.4, -0.2) is 30.5 Å². The minimum atomic E-state index is -0.328. The molecule has 0 spiro atoms. The van der Waals surface area contributed by atoms with Crippen LogP contribution in [0.5, 0.6) is 0 Å². The van der Waals surface area contributed by atoms with Crippen LogP contribution in [0.1, 0.15) is 24.3 Å². The predicted molar refractivity (Wildman–Crippen MR) is 74.8 cm³/mol. The van der Waals surface area contributed by atoms with Crippen LogP contribution in [0.25, 0.3) is 0 Å². The molecule has 0 aliphatic rings. The summed E-state index contributed by atoms with van der Waals surface area (Å²) in [5.74, 6) is -0.393. The number of carbonyl (C=O) groups is 2. The first-order valence-electron chi connectivity index (χ1n) is 5.51. The number of amides is 1. The molecule has 4 nitrogen and oxygen atoms in total. The highest BCUT2D eigenvalue weighted by Gasteiger charge is 2.22. The highest BCUT2D eigenvalue weighted by Crippen LogP contribution is 2.23. The molecule has 2 atom stereocenters. The van der Waals surface area contributed by atoms with E-state index in [1.54, 1.807) is 0 Å². The van der Waals surface area contributed by atoms with Gasteiger partial charge in [-0.3, -0.25) is 9.59 Å². The highest BCUT2D eigenvalue weighted by atomic mass is 32.2. The van der Waals surface area contributed by atoms with E-state index in [9.17, 15) is 9.59 Å². The molecule has 0 radical (unpaired) electrons. The van der Waals surface area contributed by atoms with Gasteiger partial charge in [0.15, 0.2) is 0 Å². The molecule has 0 saturated carbocycles. The second-order valence-corrected chi connectivity index (χ2v) is 5.89. The second-order valence-electron chi connectivity index (χ2n) is 3.73. The second kappa shape index (κ2) is 7.43. The van der Waals surface area contributed by atoms with E-state index in [2.05, 4.69) is 10.1 Å². The predicted octanol–water partition coefficient (Wildman–Crippen LogP) is 2.22. The van der Waals surface area contributed by atoms with Crippen LogP contribution in [0.15, 0.2) is 17.5 Å². The van der Waals surface area contributed by atoms with Gasteiger partial charge in [-0.05, 0) is 24.6 Å². The zero-order valence-corrected chi connectivity index (χ0v) is 12.3. The lowest BCUT2D eigenvalue weighted by Crippen LogP contribution is -2.35. The Morgan fingerprint density at radius 3 is 2.78 bits per heavy atom. The lowest BCUT2D eigenvalue weighted by atomic mass is 10.1. The smallest absolute Gasteiger partial charge is 0.307 e. The summed E-state index contributed by atoms with van der Waals surface area (Å²) >= 11 is 2.99. The molecule has 0 aliphatic carbocycles. The Hall–Kier alpha value is -1.01. The molecule has 1 aromatic heterocycles. The van der Waals surface area contributed by atoms with E-state index in [-0.39, 0.29) is 29.6 Å². The molecule has 0 fully saturated rings. The van der Waals surface area contributed by atoms with Gasteiger partial charge in [-0.2, -0.15) is 11.8 Å². The highest BCUT2D eigenvalue weighted by molar-refractivity contribution is 7.99. The number of rotatable bonds is 6. The Balaban J connectivity index is 2.72. The minimum absolute atomic E-state index is 0.0650. The van der Waals surface area contributed by atoms with Crippen molar-refractivity contribution in [3.63, 3.8) is 0 Å². The number of esters is 1. The molecule has 1 aromatic rings. The van der Waals surface area contributed by atoms with Crippen molar-refractivity contribution < 1.29 is 14.3 Å². The molecule has 1 N–H and O–H groups in total. The topological polar surface area (TPSA) is 55.4 Å². The Kier molecular flexibility index (Phi) is 6.21. The normalized spacial score (nSPS) is 13.7. The maximum atomic E-state index is 11.9. The van der Waals surface area contributed by atoms with Gasteiger partial charge in [0.1, 0.15) is 0 Å². The first kappa shape index (κ1) is 15.0. The van der Waals surface area contributed by atoms with Gasteiger partial charge in [0.25, 0.3) is 0 Å². The van der Waals surface area contributed by atoms with Crippen molar-refractivity contribution in [3.05, 3.63) is 22.4 Å². The van der Waals surface area contributed by atoms with Gasteiger partial charge in [0.05, 0.1) is 24.8 Å². The average Bonchev–Trinajstić information content (AvgIpc) is 2.90. The van der Waals surface area contributed by atoms with Gasteiger partial charge in [-0.1, -0.05) is 6.07 Å². The van der Waals surface area contributed by atoms with E-state index < -0.39 is 0 Å². The summed E-state index contributed by atoms with van der Waals surface area (Å²) in [5.41, 5.74) is 0. The Labute approximate surface area is 115 Å². The molecule has 100 valence electrons. The first-order chi connectivity index (χ1) is 8.58. The Morgan fingerprint density at radius 2 is 2.28 bits per heavy atom. The number of ether oxygens (including phenoxy) is 1. The lowest BCUT2D eigenvalue weighted by Gasteiger charge is -2.18. The van der Waals surface area contributed by atoms with Crippen molar-refractivity contribution >= 4 is 35.0 Å². The van der Waals surface area contributed by atoms with Crippen LogP contribution in [0.3, 0.4) is 0 Å². The third kappa shape index (κ3) is 4.34. The molecule has 1 amide bonds. The number of methoxy groups -OCH3 is 1. The number of thiophene rings is 1. The van der Waals surface area contributed by atoms with E-state index in [4.69, 9.17) is 0 Å². The third-order valence-electron chi connectivity index (χ3n) is 2.52. The summed E-state index contributed by atoms with van der Waals surface area (Å²) in [7, 11) is 1.35.